The van der Waals surface area contributed by atoms with Crippen molar-refractivity contribution in [1.82, 2.24) is 19.9 Å². The molecule has 45 heavy (non-hydrogen) atoms. The van der Waals surface area contributed by atoms with Gasteiger partial charge in [-0.05, 0) is 129 Å². The molecule has 4 heterocycles. The molecule has 8 bridgehead atoms. The van der Waals surface area contributed by atoms with E-state index in [0.717, 1.165) is 88.8 Å². The number of aryl methyl sites for hydroxylation is 3. The molecule has 1 aliphatic heterocycles. The van der Waals surface area contributed by atoms with E-state index in [1.54, 1.807) is 0 Å². The Labute approximate surface area is 268 Å². The minimum atomic E-state index is 0.126. The Morgan fingerprint density at radius 2 is 1.67 bits per heavy atom. The summed E-state index contributed by atoms with van der Waals surface area (Å²) in [6.45, 7) is 18.3. The summed E-state index contributed by atoms with van der Waals surface area (Å²) in [5.41, 5.74) is 16.2. The topological polar surface area (TPSA) is 85.0 Å². The van der Waals surface area contributed by atoms with Gasteiger partial charge in [0.1, 0.15) is 0 Å². The maximum absolute atomic E-state index is 13.2. The van der Waals surface area contributed by atoms with E-state index in [9.17, 15) is 4.79 Å². The van der Waals surface area contributed by atoms with Crippen LogP contribution >= 0.6 is 0 Å². The van der Waals surface area contributed by atoms with Crippen LogP contribution in [-0.4, -0.2) is 51.1 Å². The predicted molar refractivity (Wildman–Crippen MR) is 189 cm³/mol. The van der Waals surface area contributed by atoms with Crippen molar-refractivity contribution in [3.8, 4) is 0 Å². The van der Waals surface area contributed by atoms with Crippen LogP contribution in [0.5, 0.6) is 0 Å². The zero-order chi connectivity index (χ0) is 32.4. The predicted octanol–water partition coefficient (Wildman–Crippen LogP) is 9.12. The number of aromatic nitrogens is 3. The molecular formula is C39H50N4O2. The molecular weight excluding hydrogens is 556 g/mol. The van der Waals surface area contributed by atoms with Crippen molar-refractivity contribution in [3.05, 3.63) is 81.7 Å². The summed E-state index contributed by atoms with van der Waals surface area (Å²) < 4.78 is 0. The summed E-state index contributed by atoms with van der Waals surface area (Å²) in [5.74, 6) is 0.448. The number of hydrogen-bond donors (Lipinski definition) is 3. The van der Waals surface area contributed by atoms with E-state index in [4.69, 9.17) is 10.1 Å². The van der Waals surface area contributed by atoms with Gasteiger partial charge in [0.15, 0.2) is 0 Å². The van der Waals surface area contributed by atoms with Crippen LogP contribution < -0.4 is 0 Å². The lowest BCUT2D eigenvalue weighted by atomic mass is 9.86. The van der Waals surface area contributed by atoms with Crippen LogP contribution in [-0.2, 0) is 4.79 Å². The minimum Gasteiger partial charge on any atom is -0.396 e. The summed E-state index contributed by atoms with van der Waals surface area (Å²) in [7, 11) is 1.89. The number of nitrogens with one attached hydrogen (secondary N) is 2. The highest BCUT2D eigenvalue weighted by Gasteiger charge is 2.31. The number of allylic oxidation sites excluding steroid dienone is 2. The van der Waals surface area contributed by atoms with Gasteiger partial charge in [0, 0.05) is 77.5 Å². The van der Waals surface area contributed by atoms with E-state index in [-0.39, 0.29) is 24.3 Å². The molecule has 6 heteroatoms. The Balaban J connectivity index is 1.67. The first-order chi connectivity index (χ1) is 21.6. The normalized spacial score (nSPS) is 16.4. The van der Waals surface area contributed by atoms with E-state index in [2.05, 4.69) is 88.4 Å². The van der Waals surface area contributed by atoms with Gasteiger partial charge in [0.2, 0.25) is 5.91 Å². The maximum atomic E-state index is 13.2. The highest BCUT2D eigenvalue weighted by atomic mass is 16.3. The van der Waals surface area contributed by atoms with Crippen molar-refractivity contribution >= 4 is 45.2 Å². The molecule has 238 valence electrons. The van der Waals surface area contributed by atoms with Crippen LogP contribution in [0.4, 0.5) is 0 Å². The van der Waals surface area contributed by atoms with E-state index >= 15 is 0 Å². The zero-order valence-electron chi connectivity index (χ0n) is 28.2. The van der Waals surface area contributed by atoms with Crippen molar-refractivity contribution in [2.24, 2.45) is 0 Å². The molecule has 3 aromatic heterocycles. The van der Waals surface area contributed by atoms with E-state index in [1.807, 2.05) is 18.0 Å². The van der Waals surface area contributed by atoms with Gasteiger partial charge < -0.3 is 20.0 Å². The van der Waals surface area contributed by atoms with E-state index in [1.165, 1.54) is 27.8 Å². The fourth-order valence-electron chi connectivity index (χ4n) is 7.11. The number of aromatic amines is 2. The smallest absolute Gasteiger partial charge is 0.222 e. The number of nitrogens with zero attached hydrogens (tertiary/aromatic N) is 2. The number of amides is 1. The number of H-pyrrole nitrogens is 2. The lowest BCUT2D eigenvalue weighted by Gasteiger charge is -2.20. The van der Waals surface area contributed by atoms with Crippen LogP contribution in [0.15, 0.2) is 36.9 Å². The van der Waals surface area contributed by atoms with Crippen molar-refractivity contribution < 1.29 is 9.90 Å². The standard InChI is InChI=1S/C39H50N4O2/c1-9-30-24(4)28-19-29(30)21-33-23(3)18-34(40-33)27(7)39-32(14-15-38(45)43(8)16-12-11-13-17-44)26(6)36(42-39)22-35-25(5)31(10-2)37(20-28)41-35/h10,18-22,26,32,40-41,44H,2,9,11-17H2,1,3-8H3/t26-,32-/m0/s1. The van der Waals surface area contributed by atoms with Crippen molar-refractivity contribution in [2.45, 2.75) is 91.9 Å². The Kier molecular flexibility index (Phi) is 9.83. The monoisotopic (exact) mass is 606 g/mol. The largest absolute Gasteiger partial charge is 0.396 e. The van der Waals surface area contributed by atoms with Crippen LogP contribution in [0.1, 0.15) is 116 Å². The van der Waals surface area contributed by atoms with Gasteiger partial charge in [0.25, 0.3) is 0 Å². The average molecular weight is 607 g/mol. The van der Waals surface area contributed by atoms with E-state index in [0.29, 0.717) is 6.42 Å². The first kappa shape index (κ1) is 32.5. The van der Waals surface area contributed by atoms with Gasteiger partial charge in [-0.2, -0.15) is 0 Å². The number of hydrogen-bond acceptors (Lipinski definition) is 3. The highest BCUT2D eigenvalue weighted by Crippen LogP contribution is 2.42. The Bertz CT molecular complexity index is 1800. The molecule has 0 saturated heterocycles. The Morgan fingerprint density at radius 3 is 2.38 bits per heavy atom. The fourth-order valence-corrected chi connectivity index (χ4v) is 7.11. The van der Waals surface area contributed by atoms with Crippen LogP contribution in [0, 0.1) is 20.8 Å². The Hall–Kier alpha value is -3.90. The average Bonchev–Trinajstić information content (AvgIpc) is 3.72. The number of carbonyl (C=O) groups is 1. The third-order valence-electron chi connectivity index (χ3n) is 10.1. The summed E-state index contributed by atoms with van der Waals surface area (Å²) in [6.07, 6.45) is 6.75. The molecule has 0 aromatic carbocycles. The number of fused-ring (bicyclic) bond motifs is 8. The van der Waals surface area contributed by atoms with Gasteiger partial charge in [0.05, 0.1) is 0 Å². The van der Waals surface area contributed by atoms with Gasteiger partial charge in [-0.15, -0.1) is 0 Å². The van der Waals surface area contributed by atoms with Gasteiger partial charge in [-0.3, -0.25) is 9.78 Å². The molecule has 6 nitrogen and oxygen atoms in total. The van der Waals surface area contributed by atoms with Gasteiger partial charge in [-0.25, -0.2) is 0 Å². The third kappa shape index (κ3) is 6.44. The molecule has 3 aromatic rings. The molecule has 0 fully saturated rings. The third-order valence-corrected chi connectivity index (χ3v) is 10.1. The highest BCUT2D eigenvalue weighted by molar-refractivity contribution is 5.96. The van der Waals surface area contributed by atoms with Crippen LogP contribution in [0.3, 0.4) is 0 Å². The maximum Gasteiger partial charge on any atom is 0.222 e. The van der Waals surface area contributed by atoms with Gasteiger partial charge >= 0.3 is 0 Å². The lowest BCUT2D eigenvalue weighted by molar-refractivity contribution is -0.130. The molecule has 2 aliphatic rings. The summed E-state index contributed by atoms with van der Waals surface area (Å²) >= 11 is 0. The Morgan fingerprint density at radius 1 is 0.956 bits per heavy atom. The van der Waals surface area contributed by atoms with Crippen molar-refractivity contribution in [1.29, 1.82) is 0 Å². The van der Waals surface area contributed by atoms with E-state index < -0.39 is 0 Å². The number of rotatable bonds is 10. The summed E-state index contributed by atoms with van der Waals surface area (Å²) in [6, 6.07) is 11.3. The van der Waals surface area contributed by atoms with Crippen molar-refractivity contribution in [2.75, 3.05) is 20.2 Å². The van der Waals surface area contributed by atoms with Crippen LogP contribution in [0.2, 0.25) is 0 Å². The second-order valence-electron chi connectivity index (χ2n) is 13.0. The minimum absolute atomic E-state index is 0.126. The second kappa shape index (κ2) is 13.6. The van der Waals surface area contributed by atoms with Crippen molar-refractivity contribution in [3.63, 3.8) is 0 Å². The molecule has 5 rings (SSSR count). The fraction of sp³-hybridized carbons (Fsp3) is 0.436. The molecule has 2 atom stereocenters. The van der Waals surface area contributed by atoms with Crippen LogP contribution in [0.25, 0.3) is 39.3 Å². The first-order valence-corrected chi connectivity index (χ1v) is 16.6. The zero-order valence-corrected chi connectivity index (χ0v) is 28.2. The number of aliphatic hydroxyl groups excluding tert-OH is 1. The molecule has 0 spiro atoms. The molecule has 0 saturated carbocycles. The molecule has 0 unspecified atom stereocenters. The molecule has 3 N–H and O–H groups in total. The molecule has 0 radical (unpaired) electrons. The molecule has 1 amide bonds. The number of unbranched alkanes of at least 4 members (excludes halogenated alkanes) is 2. The number of carbonyl (C=O) groups excluding carboxylic acids is 1. The quantitative estimate of drug-likeness (QED) is 0.201. The second-order valence-corrected chi connectivity index (χ2v) is 13.0. The summed E-state index contributed by atoms with van der Waals surface area (Å²) in [5, 5.41) is 9.08. The van der Waals surface area contributed by atoms with Gasteiger partial charge in [-0.1, -0.05) is 26.5 Å². The first-order valence-electron chi connectivity index (χ1n) is 16.6. The summed E-state index contributed by atoms with van der Waals surface area (Å²) in [4.78, 5) is 27.8. The lowest BCUT2D eigenvalue weighted by Crippen LogP contribution is -2.28. The molecule has 1 aliphatic carbocycles. The SMILES string of the molecule is C=Cc1c(C)c2cc3nc(c(C)c4cc(C)c(cc5cc(cc1[nH]2)C(C)=C5CC)[nH]4)[C@@H](CCC(=O)N(C)CCCCCO)[C@@H]3C. The number of aliphatic hydroxyl groups is 1.